The van der Waals surface area contributed by atoms with Crippen molar-refractivity contribution in [2.45, 2.75) is 19.3 Å². The molecule has 1 saturated heterocycles. The number of benzene rings is 3. The van der Waals surface area contributed by atoms with Crippen molar-refractivity contribution in [2.24, 2.45) is 0 Å². The van der Waals surface area contributed by atoms with Crippen LogP contribution in [-0.4, -0.2) is 25.0 Å². The number of hydrogen-bond donors (Lipinski definition) is 3. The molecule has 33 heavy (non-hydrogen) atoms. The summed E-state index contributed by atoms with van der Waals surface area (Å²) in [6, 6.07) is 16.2. The highest BCUT2D eigenvalue weighted by atomic mass is 19.1. The van der Waals surface area contributed by atoms with Gasteiger partial charge in [0.15, 0.2) is 0 Å². The van der Waals surface area contributed by atoms with E-state index in [0.29, 0.717) is 16.9 Å². The fraction of sp³-hybridized carbons (Fsp3) is 0.200. The third-order valence-electron chi connectivity index (χ3n) is 5.41. The summed E-state index contributed by atoms with van der Waals surface area (Å²) >= 11 is 0. The normalized spacial score (nSPS) is 13.3. The third-order valence-corrected chi connectivity index (χ3v) is 5.41. The van der Waals surface area contributed by atoms with E-state index in [-0.39, 0.29) is 11.6 Å². The Morgan fingerprint density at radius 3 is 2.24 bits per heavy atom. The zero-order valence-electron chi connectivity index (χ0n) is 17.9. The van der Waals surface area contributed by atoms with Gasteiger partial charge in [-0.15, -0.1) is 0 Å². The zero-order chi connectivity index (χ0) is 23.2. The second-order valence-corrected chi connectivity index (χ2v) is 7.80. The van der Waals surface area contributed by atoms with Gasteiger partial charge in [0.1, 0.15) is 11.6 Å². The molecule has 3 N–H and O–H groups in total. The molecular weight excluding hydrogens is 426 g/mol. The van der Waals surface area contributed by atoms with E-state index in [9.17, 15) is 18.4 Å². The van der Waals surface area contributed by atoms with Crippen LogP contribution in [0.15, 0.2) is 66.7 Å². The highest BCUT2D eigenvalue weighted by Gasteiger charge is 2.18. The van der Waals surface area contributed by atoms with E-state index in [0.717, 1.165) is 56.2 Å². The summed E-state index contributed by atoms with van der Waals surface area (Å²) in [5.41, 5.74) is 1.99. The number of piperidine rings is 1. The molecular formula is C25H24F2N4O2. The van der Waals surface area contributed by atoms with E-state index in [1.807, 2.05) is 12.1 Å². The summed E-state index contributed by atoms with van der Waals surface area (Å²) in [7, 11) is 0. The average Bonchev–Trinajstić information content (AvgIpc) is 2.83. The van der Waals surface area contributed by atoms with Crippen molar-refractivity contribution in [3.05, 3.63) is 83.9 Å². The molecule has 0 bridgehead atoms. The van der Waals surface area contributed by atoms with Crippen LogP contribution >= 0.6 is 0 Å². The summed E-state index contributed by atoms with van der Waals surface area (Å²) < 4.78 is 27.4. The van der Waals surface area contributed by atoms with Crippen LogP contribution < -0.4 is 20.9 Å². The molecule has 0 radical (unpaired) electrons. The van der Waals surface area contributed by atoms with Crippen LogP contribution in [0.25, 0.3) is 0 Å². The molecule has 1 heterocycles. The van der Waals surface area contributed by atoms with Crippen LogP contribution in [0.3, 0.4) is 0 Å². The van der Waals surface area contributed by atoms with E-state index >= 15 is 0 Å². The Kier molecular flexibility index (Phi) is 6.83. The lowest BCUT2D eigenvalue weighted by atomic mass is 10.1. The minimum atomic E-state index is -0.744. The second kappa shape index (κ2) is 10.1. The van der Waals surface area contributed by atoms with E-state index < -0.39 is 17.7 Å². The van der Waals surface area contributed by atoms with Crippen LogP contribution in [-0.2, 0) is 0 Å². The third kappa shape index (κ3) is 5.65. The molecule has 0 atom stereocenters. The summed E-state index contributed by atoms with van der Waals surface area (Å²) in [4.78, 5) is 27.3. The quantitative estimate of drug-likeness (QED) is 0.456. The monoisotopic (exact) mass is 450 g/mol. The fourth-order valence-electron chi connectivity index (χ4n) is 3.79. The Balaban J connectivity index is 1.57. The first-order chi connectivity index (χ1) is 16.0. The standard InChI is InChI=1S/C25H24F2N4O2/c26-18-9-11-20(27)21(15-18)29-25(33)30-22-16-19(28-24(32)17-7-3-1-4-8-17)10-12-23(22)31-13-5-2-6-14-31/h1,3-4,7-12,15-16H,2,5-6,13-14H2,(H,28,32)(H2,29,30,33). The Morgan fingerprint density at radius 1 is 0.758 bits per heavy atom. The summed E-state index contributed by atoms with van der Waals surface area (Å²) in [6.45, 7) is 1.68. The molecule has 3 amide bonds. The average molecular weight is 450 g/mol. The van der Waals surface area contributed by atoms with Gasteiger partial charge >= 0.3 is 6.03 Å². The van der Waals surface area contributed by atoms with Gasteiger partial charge in [0.25, 0.3) is 5.91 Å². The number of rotatable bonds is 5. The van der Waals surface area contributed by atoms with Gasteiger partial charge in [-0.3, -0.25) is 4.79 Å². The van der Waals surface area contributed by atoms with Crippen LogP contribution in [0.4, 0.5) is 36.3 Å². The van der Waals surface area contributed by atoms with Crippen LogP contribution in [0.2, 0.25) is 0 Å². The molecule has 0 aromatic heterocycles. The van der Waals surface area contributed by atoms with Gasteiger partial charge in [-0.2, -0.15) is 0 Å². The second-order valence-electron chi connectivity index (χ2n) is 7.80. The number of nitrogens with one attached hydrogen (secondary N) is 3. The highest BCUT2D eigenvalue weighted by molar-refractivity contribution is 6.06. The lowest BCUT2D eigenvalue weighted by molar-refractivity contribution is 0.102. The van der Waals surface area contributed by atoms with Gasteiger partial charge in [0.05, 0.1) is 17.1 Å². The molecule has 8 heteroatoms. The number of carbonyl (C=O) groups is 2. The maximum absolute atomic E-state index is 13.9. The lowest BCUT2D eigenvalue weighted by Gasteiger charge is -2.31. The molecule has 1 aliphatic rings. The maximum Gasteiger partial charge on any atom is 0.323 e. The fourth-order valence-corrected chi connectivity index (χ4v) is 3.79. The van der Waals surface area contributed by atoms with Crippen molar-refractivity contribution in [3.8, 4) is 0 Å². The largest absolute Gasteiger partial charge is 0.370 e. The van der Waals surface area contributed by atoms with Crippen molar-refractivity contribution in [1.82, 2.24) is 0 Å². The van der Waals surface area contributed by atoms with Gasteiger partial charge in [0, 0.05) is 30.4 Å². The summed E-state index contributed by atoms with van der Waals surface area (Å²) in [5.74, 6) is -1.68. The van der Waals surface area contributed by atoms with Crippen molar-refractivity contribution >= 4 is 34.7 Å². The number of amides is 3. The molecule has 3 aromatic rings. The predicted molar refractivity (Wildman–Crippen MR) is 126 cm³/mol. The number of hydrogen-bond acceptors (Lipinski definition) is 3. The summed E-state index contributed by atoms with van der Waals surface area (Å²) in [6.07, 6.45) is 3.21. The van der Waals surface area contributed by atoms with Gasteiger partial charge in [-0.1, -0.05) is 18.2 Å². The Morgan fingerprint density at radius 2 is 1.48 bits per heavy atom. The number of carbonyl (C=O) groups excluding carboxylic acids is 2. The predicted octanol–water partition coefficient (Wildman–Crippen LogP) is 5.85. The Bertz CT molecular complexity index is 1150. The van der Waals surface area contributed by atoms with E-state index in [1.54, 1.807) is 36.4 Å². The molecule has 170 valence electrons. The van der Waals surface area contributed by atoms with Crippen molar-refractivity contribution in [3.63, 3.8) is 0 Å². The molecule has 1 aliphatic heterocycles. The topological polar surface area (TPSA) is 73.5 Å². The Labute approximate surface area is 190 Å². The minimum absolute atomic E-state index is 0.263. The molecule has 6 nitrogen and oxygen atoms in total. The van der Waals surface area contributed by atoms with Crippen molar-refractivity contribution in [2.75, 3.05) is 33.9 Å². The van der Waals surface area contributed by atoms with E-state index in [2.05, 4.69) is 20.9 Å². The first-order valence-corrected chi connectivity index (χ1v) is 10.8. The van der Waals surface area contributed by atoms with Gasteiger partial charge < -0.3 is 20.9 Å². The van der Waals surface area contributed by atoms with Gasteiger partial charge in [-0.25, -0.2) is 13.6 Å². The SMILES string of the molecule is O=C(Nc1cc(F)ccc1F)Nc1cc(NC(=O)c2ccccc2)ccc1N1CCCCC1. The van der Waals surface area contributed by atoms with Crippen LogP contribution in [0.5, 0.6) is 0 Å². The van der Waals surface area contributed by atoms with Crippen LogP contribution in [0.1, 0.15) is 29.6 Å². The number of nitrogens with zero attached hydrogens (tertiary/aromatic N) is 1. The molecule has 1 fully saturated rings. The number of anilines is 4. The maximum atomic E-state index is 13.9. The van der Waals surface area contributed by atoms with Crippen molar-refractivity contribution in [1.29, 1.82) is 0 Å². The smallest absolute Gasteiger partial charge is 0.323 e. The van der Waals surface area contributed by atoms with Gasteiger partial charge in [0.2, 0.25) is 0 Å². The number of urea groups is 1. The van der Waals surface area contributed by atoms with Crippen molar-refractivity contribution < 1.29 is 18.4 Å². The lowest BCUT2D eigenvalue weighted by Crippen LogP contribution is -2.31. The Hall–Kier alpha value is -3.94. The molecule has 0 unspecified atom stereocenters. The first-order valence-electron chi connectivity index (χ1n) is 10.8. The summed E-state index contributed by atoms with van der Waals surface area (Å²) in [5, 5.41) is 7.90. The molecule has 4 rings (SSSR count). The molecule has 0 spiro atoms. The van der Waals surface area contributed by atoms with E-state index in [1.165, 1.54) is 0 Å². The molecule has 0 saturated carbocycles. The van der Waals surface area contributed by atoms with E-state index in [4.69, 9.17) is 0 Å². The molecule has 0 aliphatic carbocycles. The zero-order valence-corrected chi connectivity index (χ0v) is 17.9. The van der Waals surface area contributed by atoms with Gasteiger partial charge in [-0.05, 0) is 61.7 Å². The molecule has 3 aromatic carbocycles. The number of halogens is 2. The minimum Gasteiger partial charge on any atom is -0.370 e. The first kappa shape index (κ1) is 22.3. The van der Waals surface area contributed by atoms with Crippen LogP contribution in [0, 0.1) is 11.6 Å². The highest BCUT2D eigenvalue weighted by Crippen LogP contribution is 2.32.